The van der Waals surface area contributed by atoms with Gasteiger partial charge in [-0.05, 0) is 56.5 Å². The maximum atomic E-state index is 12.7. The third-order valence-electron chi connectivity index (χ3n) is 4.93. The van der Waals surface area contributed by atoms with E-state index in [1.165, 1.54) is 42.5 Å². The second kappa shape index (κ2) is 9.33. The molecule has 0 aliphatic carbocycles. The van der Waals surface area contributed by atoms with Crippen LogP contribution in [0.4, 0.5) is 5.69 Å². The minimum Gasteiger partial charge on any atom is -0.315 e. The molecule has 0 fully saturated rings. The molecule has 0 radical (unpaired) electrons. The highest BCUT2D eigenvalue weighted by Gasteiger charge is 2.21. The molecule has 0 spiro atoms. The standard InChI is InChI=1S/C22H28N2O4S/c1-16-8-9-17(2)21(15-16)24(5)22(26)7-6-14-23(4)29(27,28)20-12-10-19(11-13-20)18(3)25/h8-13,15H,6-7,14H2,1-5H3. The van der Waals surface area contributed by atoms with Gasteiger partial charge in [0.25, 0.3) is 0 Å². The van der Waals surface area contributed by atoms with Crippen LogP contribution in [0.25, 0.3) is 0 Å². The van der Waals surface area contributed by atoms with Crippen LogP contribution in [0.1, 0.15) is 41.3 Å². The first-order chi connectivity index (χ1) is 13.5. The number of Topliss-reactive ketones (excluding diaryl/α,β-unsaturated/α-hetero) is 1. The van der Waals surface area contributed by atoms with Crippen LogP contribution in [0, 0.1) is 13.8 Å². The van der Waals surface area contributed by atoms with Gasteiger partial charge in [0.15, 0.2) is 5.78 Å². The summed E-state index contributed by atoms with van der Waals surface area (Å²) >= 11 is 0. The Balaban J connectivity index is 1.97. The zero-order valence-corrected chi connectivity index (χ0v) is 18.4. The van der Waals surface area contributed by atoms with Crippen LogP contribution in [0.2, 0.25) is 0 Å². The number of rotatable bonds is 8. The molecule has 0 aliphatic heterocycles. The molecular weight excluding hydrogens is 388 g/mol. The molecule has 2 aromatic rings. The topological polar surface area (TPSA) is 74.8 Å². The summed E-state index contributed by atoms with van der Waals surface area (Å²) in [5.41, 5.74) is 3.42. The smallest absolute Gasteiger partial charge is 0.242 e. The summed E-state index contributed by atoms with van der Waals surface area (Å²) in [4.78, 5) is 25.6. The Bertz CT molecular complexity index is 998. The molecule has 0 unspecified atom stereocenters. The maximum absolute atomic E-state index is 12.7. The molecule has 1 amide bonds. The van der Waals surface area contributed by atoms with Gasteiger partial charge >= 0.3 is 0 Å². The third kappa shape index (κ3) is 5.52. The van der Waals surface area contributed by atoms with Crippen molar-refractivity contribution in [3.63, 3.8) is 0 Å². The lowest BCUT2D eigenvalue weighted by Gasteiger charge is -2.21. The van der Waals surface area contributed by atoms with Crippen LogP contribution < -0.4 is 4.90 Å². The summed E-state index contributed by atoms with van der Waals surface area (Å²) in [6, 6.07) is 11.8. The maximum Gasteiger partial charge on any atom is 0.242 e. The summed E-state index contributed by atoms with van der Waals surface area (Å²) in [5.74, 6) is -0.177. The van der Waals surface area contributed by atoms with Crippen LogP contribution in [-0.2, 0) is 14.8 Å². The number of amides is 1. The molecule has 0 aliphatic rings. The fourth-order valence-corrected chi connectivity index (χ4v) is 4.21. The fourth-order valence-electron chi connectivity index (χ4n) is 3.00. The number of aryl methyl sites for hydroxylation is 2. The van der Waals surface area contributed by atoms with Gasteiger partial charge in [0.05, 0.1) is 4.90 Å². The Kier molecular flexibility index (Phi) is 7.32. The Labute approximate surface area is 173 Å². The van der Waals surface area contributed by atoms with Gasteiger partial charge in [-0.2, -0.15) is 0 Å². The minimum absolute atomic E-state index is 0.0599. The molecule has 0 saturated heterocycles. The van der Waals surface area contributed by atoms with Crippen LogP contribution in [0.5, 0.6) is 0 Å². The van der Waals surface area contributed by atoms with Gasteiger partial charge in [0, 0.05) is 38.3 Å². The number of carbonyl (C=O) groups is 2. The molecular formula is C22H28N2O4S. The predicted molar refractivity (Wildman–Crippen MR) is 115 cm³/mol. The van der Waals surface area contributed by atoms with Crippen LogP contribution in [0.3, 0.4) is 0 Å². The Morgan fingerprint density at radius 2 is 1.59 bits per heavy atom. The van der Waals surface area contributed by atoms with Gasteiger partial charge in [0.2, 0.25) is 15.9 Å². The molecule has 2 rings (SSSR count). The van der Waals surface area contributed by atoms with Gasteiger partial charge in [0.1, 0.15) is 0 Å². The number of ketones is 1. The van der Waals surface area contributed by atoms with Crippen molar-refractivity contribution in [1.82, 2.24) is 4.31 Å². The zero-order valence-electron chi connectivity index (χ0n) is 17.6. The largest absolute Gasteiger partial charge is 0.315 e. The highest BCUT2D eigenvalue weighted by Crippen LogP contribution is 2.21. The molecule has 0 atom stereocenters. The third-order valence-corrected chi connectivity index (χ3v) is 6.80. The Hall–Kier alpha value is -2.51. The highest BCUT2D eigenvalue weighted by molar-refractivity contribution is 7.89. The lowest BCUT2D eigenvalue weighted by Crippen LogP contribution is -2.30. The van der Waals surface area contributed by atoms with E-state index in [2.05, 4.69) is 0 Å². The van der Waals surface area contributed by atoms with E-state index in [0.29, 0.717) is 12.0 Å². The van der Waals surface area contributed by atoms with Crippen molar-refractivity contribution in [1.29, 1.82) is 0 Å². The summed E-state index contributed by atoms with van der Waals surface area (Å²) in [6.07, 6.45) is 0.655. The second-order valence-corrected chi connectivity index (χ2v) is 9.30. The monoisotopic (exact) mass is 416 g/mol. The van der Waals surface area contributed by atoms with Crippen molar-refractivity contribution in [2.75, 3.05) is 25.5 Å². The van der Waals surface area contributed by atoms with E-state index in [-0.39, 0.29) is 29.6 Å². The van der Waals surface area contributed by atoms with Gasteiger partial charge in [-0.25, -0.2) is 12.7 Å². The highest BCUT2D eigenvalue weighted by atomic mass is 32.2. The SMILES string of the molecule is CC(=O)c1ccc(S(=O)(=O)N(C)CCCC(=O)N(C)c2cc(C)ccc2C)cc1. The summed E-state index contributed by atoms with van der Waals surface area (Å²) in [7, 11) is -0.437. The molecule has 29 heavy (non-hydrogen) atoms. The number of nitrogens with zero attached hydrogens (tertiary/aromatic N) is 2. The average Bonchev–Trinajstić information content (AvgIpc) is 2.69. The lowest BCUT2D eigenvalue weighted by molar-refractivity contribution is -0.118. The Morgan fingerprint density at radius 3 is 2.17 bits per heavy atom. The van der Waals surface area contributed by atoms with E-state index in [4.69, 9.17) is 0 Å². The fraction of sp³-hybridized carbons (Fsp3) is 0.364. The number of sulfonamides is 1. The second-order valence-electron chi connectivity index (χ2n) is 7.25. The first-order valence-electron chi connectivity index (χ1n) is 9.45. The summed E-state index contributed by atoms with van der Waals surface area (Å²) in [6.45, 7) is 5.59. The Morgan fingerprint density at radius 1 is 0.966 bits per heavy atom. The number of hydrogen-bond acceptors (Lipinski definition) is 4. The van der Waals surface area contributed by atoms with Crippen LogP contribution in [0.15, 0.2) is 47.4 Å². The normalized spacial score (nSPS) is 11.5. The average molecular weight is 417 g/mol. The first kappa shape index (κ1) is 22.8. The van der Waals surface area contributed by atoms with Crippen LogP contribution >= 0.6 is 0 Å². The van der Waals surface area contributed by atoms with Crippen LogP contribution in [-0.4, -0.2) is 45.1 Å². The molecule has 0 saturated carbocycles. The van der Waals surface area contributed by atoms with E-state index < -0.39 is 10.0 Å². The van der Waals surface area contributed by atoms with Gasteiger partial charge < -0.3 is 4.90 Å². The van der Waals surface area contributed by atoms with Crippen molar-refractivity contribution in [2.45, 2.75) is 38.5 Å². The van der Waals surface area contributed by atoms with E-state index >= 15 is 0 Å². The van der Waals surface area contributed by atoms with E-state index in [1.807, 2.05) is 32.0 Å². The molecule has 0 bridgehead atoms. The van der Waals surface area contributed by atoms with Gasteiger partial charge in [-0.1, -0.05) is 24.3 Å². The van der Waals surface area contributed by atoms with Crippen molar-refractivity contribution in [2.24, 2.45) is 0 Å². The molecule has 0 N–H and O–H groups in total. The van der Waals surface area contributed by atoms with Crippen molar-refractivity contribution < 1.29 is 18.0 Å². The van der Waals surface area contributed by atoms with Crippen molar-refractivity contribution in [3.05, 3.63) is 59.2 Å². The molecule has 7 heteroatoms. The van der Waals surface area contributed by atoms with E-state index in [0.717, 1.165) is 16.8 Å². The number of anilines is 1. The van der Waals surface area contributed by atoms with E-state index in [9.17, 15) is 18.0 Å². The number of carbonyl (C=O) groups excluding carboxylic acids is 2. The molecule has 0 heterocycles. The molecule has 156 valence electrons. The molecule has 2 aromatic carbocycles. The van der Waals surface area contributed by atoms with E-state index in [1.54, 1.807) is 11.9 Å². The molecule has 6 nitrogen and oxygen atoms in total. The molecule has 0 aromatic heterocycles. The zero-order chi connectivity index (χ0) is 21.8. The first-order valence-corrected chi connectivity index (χ1v) is 10.9. The van der Waals surface area contributed by atoms with Gasteiger partial charge in [-0.15, -0.1) is 0 Å². The summed E-state index contributed by atoms with van der Waals surface area (Å²) in [5, 5.41) is 0. The van der Waals surface area contributed by atoms with Gasteiger partial charge in [-0.3, -0.25) is 9.59 Å². The van der Waals surface area contributed by atoms with Crippen molar-refractivity contribution >= 4 is 27.4 Å². The minimum atomic E-state index is -3.67. The predicted octanol–water partition coefficient (Wildman–Crippen LogP) is 3.57. The quantitative estimate of drug-likeness (QED) is 0.617. The lowest BCUT2D eigenvalue weighted by atomic mass is 10.1. The van der Waals surface area contributed by atoms with Crippen molar-refractivity contribution in [3.8, 4) is 0 Å². The number of hydrogen-bond donors (Lipinski definition) is 0. The number of benzene rings is 2. The summed E-state index contributed by atoms with van der Waals surface area (Å²) < 4.78 is 26.6.